The summed E-state index contributed by atoms with van der Waals surface area (Å²) in [4.78, 5) is 11.8. The van der Waals surface area contributed by atoms with Gasteiger partial charge in [-0.15, -0.1) is 0 Å². The predicted octanol–water partition coefficient (Wildman–Crippen LogP) is 1.60. The molecule has 0 unspecified atom stereocenters. The topological polar surface area (TPSA) is 69.6 Å². The van der Waals surface area contributed by atoms with Gasteiger partial charge in [-0.3, -0.25) is 4.79 Å². The second-order valence-corrected chi connectivity index (χ2v) is 5.38. The van der Waals surface area contributed by atoms with E-state index in [1.807, 2.05) is 12.1 Å². The Kier molecular flexibility index (Phi) is 4.43. The van der Waals surface area contributed by atoms with E-state index < -0.39 is 0 Å². The minimum atomic E-state index is 0.00691. The van der Waals surface area contributed by atoms with Crippen molar-refractivity contribution in [1.29, 1.82) is 0 Å². The zero-order valence-electron chi connectivity index (χ0n) is 11.1. The van der Waals surface area contributed by atoms with E-state index in [1.54, 1.807) is 12.1 Å². The highest BCUT2D eigenvalue weighted by Crippen LogP contribution is 2.47. The molecule has 1 aliphatic rings. The van der Waals surface area contributed by atoms with E-state index in [0.717, 1.165) is 24.8 Å². The summed E-state index contributed by atoms with van der Waals surface area (Å²) in [7, 11) is 0. The average Bonchev–Trinajstić information content (AvgIpc) is 3.16. The van der Waals surface area contributed by atoms with Gasteiger partial charge in [0.1, 0.15) is 5.75 Å². The molecule has 1 aliphatic carbocycles. The molecule has 2 rings (SSSR count). The first-order chi connectivity index (χ1) is 9.15. The Morgan fingerprint density at radius 3 is 2.68 bits per heavy atom. The molecule has 0 bridgehead atoms. The second-order valence-electron chi connectivity index (χ2n) is 5.38. The van der Waals surface area contributed by atoms with Crippen molar-refractivity contribution in [2.75, 3.05) is 13.2 Å². The van der Waals surface area contributed by atoms with Gasteiger partial charge in [-0.25, -0.2) is 0 Å². The van der Waals surface area contributed by atoms with Crippen LogP contribution in [-0.4, -0.2) is 29.3 Å². The van der Waals surface area contributed by atoms with E-state index in [9.17, 15) is 9.90 Å². The van der Waals surface area contributed by atoms with Crippen LogP contribution in [0.2, 0.25) is 0 Å². The first-order valence-corrected chi connectivity index (χ1v) is 6.80. The lowest BCUT2D eigenvalue weighted by atomic mass is 10.0. The quantitative estimate of drug-likeness (QED) is 0.700. The first kappa shape index (κ1) is 13.9. The molecule has 1 amide bonds. The van der Waals surface area contributed by atoms with Crippen molar-refractivity contribution >= 4 is 5.91 Å². The molecular formula is C15H21NO3. The Hall–Kier alpha value is -1.55. The van der Waals surface area contributed by atoms with Crippen LogP contribution in [0.3, 0.4) is 0 Å². The van der Waals surface area contributed by atoms with Crippen molar-refractivity contribution in [3.05, 3.63) is 29.8 Å². The molecule has 0 saturated heterocycles. The molecule has 0 heterocycles. The number of aryl methyl sites for hydroxylation is 1. The van der Waals surface area contributed by atoms with E-state index in [2.05, 4.69) is 5.32 Å². The highest BCUT2D eigenvalue weighted by atomic mass is 16.3. The number of carbonyl (C=O) groups is 1. The number of hydrogen-bond acceptors (Lipinski definition) is 3. The Labute approximate surface area is 113 Å². The largest absolute Gasteiger partial charge is 0.508 e. The van der Waals surface area contributed by atoms with E-state index in [4.69, 9.17) is 5.11 Å². The predicted molar refractivity (Wildman–Crippen MR) is 72.8 cm³/mol. The third-order valence-corrected chi connectivity index (χ3v) is 3.87. The summed E-state index contributed by atoms with van der Waals surface area (Å²) in [6.45, 7) is 0.848. The van der Waals surface area contributed by atoms with Gasteiger partial charge in [-0.05, 0) is 42.7 Å². The Bertz CT molecular complexity index is 441. The molecule has 3 N–H and O–H groups in total. The van der Waals surface area contributed by atoms with Crippen molar-refractivity contribution in [2.24, 2.45) is 5.41 Å². The lowest BCUT2D eigenvalue weighted by Gasteiger charge is -2.14. The van der Waals surface area contributed by atoms with Gasteiger partial charge in [0.25, 0.3) is 0 Å². The van der Waals surface area contributed by atoms with Crippen LogP contribution in [0.25, 0.3) is 0 Å². The highest BCUT2D eigenvalue weighted by Gasteiger charge is 2.41. The smallest absolute Gasteiger partial charge is 0.220 e. The summed E-state index contributed by atoms with van der Waals surface area (Å²) in [5.41, 5.74) is 0.952. The van der Waals surface area contributed by atoms with Crippen molar-refractivity contribution in [1.82, 2.24) is 5.32 Å². The number of benzene rings is 1. The molecule has 1 fully saturated rings. The van der Waals surface area contributed by atoms with Crippen LogP contribution in [-0.2, 0) is 11.2 Å². The molecule has 0 aliphatic heterocycles. The molecule has 0 radical (unpaired) electrons. The van der Waals surface area contributed by atoms with Gasteiger partial charge in [0.2, 0.25) is 5.91 Å². The third kappa shape index (κ3) is 3.96. The molecule has 1 saturated carbocycles. The molecule has 0 aromatic heterocycles. The van der Waals surface area contributed by atoms with Crippen molar-refractivity contribution < 1.29 is 15.0 Å². The van der Waals surface area contributed by atoms with Crippen LogP contribution >= 0.6 is 0 Å². The highest BCUT2D eigenvalue weighted by molar-refractivity contribution is 5.76. The number of carbonyl (C=O) groups excluding carboxylic acids is 1. The summed E-state index contributed by atoms with van der Waals surface area (Å²) in [6.07, 6.45) is 3.88. The van der Waals surface area contributed by atoms with Gasteiger partial charge < -0.3 is 15.5 Å². The van der Waals surface area contributed by atoms with E-state index in [1.165, 1.54) is 0 Å². The number of para-hydroxylation sites is 1. The number of nitrogens with one attached hydrogen (secondary N) is 1. The fourth-order valence-corrected chi connectivity index (χ4v) is 2.27. The van der Waals surface area contributed by atoms with E-state index in [0.29, 0.717) is 19.4 Å². The standard InChI is InChI=1S/C15H21NO3/c17-10-9-15(7-8-15)11-16-14(19)6-5-12-3-1-2-4-13(12)18/h1-4,17-18H,5-11H2,(H,16,19). The normalized spacial score (nSPS) is 16.1. The van der Waals surface area contributed by atoms with Gasteiger partial charge in [-0.1, -0.05) is 18.2 Å². The molecule has 19 heavy (non-hydrogen) atoms. The van der Waals surface area contributed by atoms with Crippen LogP contribution in [0.4, 0.5) is 0 Å². The number of phenols is 1. The third-order valence-electron chi connectivity index (χ3n) is 3.87. The van der Waals surface area contributed by atoms with E-state index in [-0.39, 0.29) is 23.7 Å². The number of aromatic hydroxyl groups is 1. The Morgan fingerprint density at radius 1 is 1.32 bits per heavy atom. The van der Waals surface area contributed by atoms with Gasteiger partial charge in [0, 0.05) is 19.6 Å². The number of amides is 1. The number of aliphatic hydroxyl groups excluding tert-OH is 1. The summed E-state index contributed by atoms with van der Waals surface area (Å²) >= 11 is 0. The lowest BCUT2D eigenvalue weighted by molar-refractivity contribution is -0.121. The van der Waals surface area contributed by atoms with Gasteiger partial charge in [-0.2, -0.15) is 0 Å². The fourth-order valence-electron chi connectivity index (χ4n) is 2.27. The van der Waals surface area contributed by atoms with Gasteiger partial charge >= 0.3 is 0 Å². The minimum Gasteiger partial charge on any atom is -0.508 e. The van der Waals surface area contributed by atoms with Crippen molar-refractivity contribution in [3.8, 4) is 5.75 Å². The summed E-state index contributed by atoms with van der Waals surface area (Å²) < 4.78 is 0. The summed E-state index contributed by atoms with van der Waals surface area (Å²) in [5, 5.41) is 21.5. The lowest BCUT2D eigenvalue weighted by Crippen LogP contribution is -2.30. The Morgan fingerprint density at radius 2 is 2.05 bits per heavy atom. The van der Waals surface area contributed by atoms with Gasteiger partial charge in [0.15, 0.2) is 0 Å². The van der Waals surface area contributed by atoms with Crippen LogP contribution in [0.1, 0.15) is 31.2 Å². The summed E-state index contributed by atoms with van der Waals surface area (Å²) in [6, 6.07) is 7.09. The molecule has 0 atom stereocenters. The molecule has 4 nitrogen and oxygen atoms in total. The van der Waals surface area contributed by atoms with Crippen LogP contribution in [0.15, 0.2) is 24.3 Å². The number of rotatable bonds is 7. The SMILES string of the molecule is O=C(CCc1ccccc1O)NCC1(CCO)CC1. The number of aliphatic hydroxyl groups is 1. The summed E-state index contributed by atoms with van der Waals surface area (Å²) in [5.74, 6) is 0.252. The molecule has 1 aromatic carbocycles. The molecular weight excluding hydrogens is 242 g/mol. The van der Waals surface area contributed by atoms with E-state index >= 15 is 0 Å². The maximum absolute atomic E-state index is 11.8. The first-order valence-electron chi connectivity index (χ1n) is 6.80. The monoisotopic (exact) mass is 263 g/mol. The average molecular weight is 263 g/mol. The van der Waals surface area contributed by atoms with Crippen LogP contribution in [0, 0.1) is 5.41 Å². The second kappa shape index (κ2) is 6.06. The molecule has 1 aromatic rings. The van der Waals surface area contributed by atoms with Gasteiger partial charge in [0.05, 0.1) is 0 Å². The maximum atomic E-state index is 11.8. The number of hydrogen-bond donors (Lipinski definition) is 3. The minimum absolute atomic E-state index is 0.00691. The zero-order valence-corrected chi connectivity index (χ0v) is 11.1. The fraction of sp³-hybridized carbons (Fsp3) is 0.533. The Balaban J connectivity index is 1.72. The zero-order chi connectivity index (χ0) is 13.7. The van der Waals surface area contributed by atoms with Crippen molar-refractivity contribution in [3.63, 3.8) is 0 Å². The maximum Gasteiger partial charge on any atom is 0.220 e. The molecule has 104 valence electrons. The molecule has 0 spiro atoms. The molecule has 4 heteroatoms. The van der Waals surface area contributed by atoms with Crippen molar-refractivity contribution in [2.45, 2.75) is 32.1 Å². The van der Waals surface area contributed by atoms with Crippen LogP contribution in [0.5, 0.6) is 5.75 Å². The number of phenolic OH excluding ortho intramolecular Hbond substituents is 1. The van der Waals surface area contributed by atoms with Crippen LogP contribution < -0.4 is 5.32 Å².